The number of hydrogen-bond donors (Lipinski definition) is 0. The summed E-state index contributed by atoms with van der Waals surface area (Å²) < 4.78 is 9.32. The molecular formula is C42H29N3OS. The van der Waals surface area contributed by atoms with Gasteiger partial charge in [0.2, 0.25) is 0 Å². The van der Waals surface area contributed by atoms with Gasteiger partial charge in [0, 0.05) is 48.7 Å². The second-order valence-electron chi connectivity index (χ2n) is 12.5. The van der Waals surface area contributed by atoms with Crippen LogP contribution < -0.4 is 4.74 Å². The minimum atomic E-state index is -0.208. The molecule has 9 rings (SSSR count). The molecule has 6 aromatic carbocycles. The normalized spacial score (nSPS) is 13.2. The van der Waals surface area contributed by atoms with Crippen molar-refractivity contribution in [1.82, 2.24) is 15.0 Å². The Bertz CT molecular complexity index is 2410. The highest BCUT2D eigenvalue weighted by molar-refractivity contribution is 7.26. The van der Waals surface area contributed by atoms with Gasteiger partial charge in [-0.1, -0.05) is 135 Å². The van der Waals surface area contributed by atoms with Gasteiger partial charge in [0.15, 0.2) is 17.5 Å². The molecule has 47 heavy (non-hydrogen) atoms. The van der Waals surface area contributed by atoms with E-state index in [1.807, 2.05) is 60.7 Å². The van der Waals surface area contributed by atoms with Crippen molar-refractivity contribution in [2.75, 3.05) is 0 Å². The fourth-order valence-corrected chi connectivity index (χ4v) is 7.88. The number of aromatic nitrogens is 3. The Morgan fingerprint density at radius 3 is 1.79 bits per heavy atom. The molecule has 0 unspecified atom stereocenters. The zero-order valence-corrected chi connectivity index (χ0v) is 26.8. The molecule has 0 bridgehead atoms. The van der Waals surface area contributed by atoms with Crippen molar-refractivity contribution in [3.05, 3.63) is 151 Å². The number of nitrogens with zero attached hydrogens (tertiary/aromatic N) is 3. The average Bonchev–Trinajstić information content (AvgIpc) is 3.51. The van der Waals surface area contributed by atoms with E-state index in [0.29, 0.717) is 17.5 Å². The molecule has 0 amide bonds. The Morgan fingerprint density at radius 2 is 1.06 bits per heavy atom. The first-order chi connectivity index (χ1) is 23.0. The van der Waals surface area contributed by atoms with Gasteiger partial charge in [0.1, 0.15) is 11.5 Å². The molecule has 8 aromatic rings. The quantitative estimate of drug-likeness (QED) is 0.196. The van der Waals surface area contributed by atoms with E-state index in [1.54, 1.807) is 11.3 Å². The molecule has 1 aliphatic heterocycles. The highest BCUT2D eigenvalue weighted by Gasteiger charge is 2.36. The van der Waals surface area contributed by atoms with E-state index in [-0.39, 0.29) is 5.41 Å². The second kappa shape index (κ2) is 10.7. The molecule has 0 spiro atoms. The molecule has 0 radical (unpaired) electrons. The van der Waals surface area contributed by atoms with Crippen LogP contribution in [0, 0.1) is 0 Å². The van der Waals surface area contributed by atoms with Crippen molar-refractivity contribution in [1.29, 1.82) is 0 Å². The molecule has 0 saturated carbocycles. The van der Waals surface area contributed by atoms with Crippen molar-refractivity contribution in [2.24, 2.45) is 0 Å². The van der Waals surface area contributed by atoms with Crippen molar-refractivity contribution < 1.29 is 4.74 Å². The predicted octanol–water partition coefficient (Wildman–Crippen LogP) is 11.3. The molecule has 0 fully saturated rings. The first-order valence-electron chi connectivity index (χ1n) is 15.8. The van der Waals surface area contributed by atoms with Crippen molar-refractivity contribution >= 4 is 31.5 Å². The van der Waals surface area contributed by atoms with E-state index in [4.69, 9.17) is 19.7 Å². The number of fused-ring (bicyclic) bond motifs is 6. The smallest absolute Gasteiger partial charge is 0.164 e. The van der Waals surface area contributed by atoms with Crippen LogP contribution in [0.25, 0.3) is 65.5 Å². The average molecular weight is 624 g/mol. The summed E-state index contributed by atoms with van der Waals surface area (Å²) in [4.78, 5) is 14.8. The largest absolute Gasteiger partial charge is 0.455 e. The highest BCUT2D eigenvalue weighted by atomic mass is 32.1. The number of benzene rings is 6. The summed E-state index contributed by atoms with van der Waals surface area (Å²) in [5.41, 5.74) is 7.17. The third-order valence-electron chi connectivity index (χ3n) is 9.20. The molecule has 5 heteroatoms. The maximum atomic E-state index is 6.84. The van der Waals surface area contributed by atoms with Gasteiger partial charge in [0.05, 0.1) is 4.70 Å². The highest BCUT2D eigenvalue weighted by Crippen LogP contribution is 2.53. The Hall–Kier alpha value is -5.65. The molecule has 2 aromatic heterocycles. The zero-order chi connectivity index (χ0) is 31.5. The molecule has 3 heterocycles. The van der Waals surface area contributed by atoms with Gasteiger partial charge >= 0.3 is 0 Å². The number of hydrogen-bond acceptors (Lipinski definition) is 5. The molecule has 0 saturated heterocycles. The monoisotopic (exact) mass is 623 g/mol. The first-order valence-corrected chi connectivity index (χ1v) is 16.6. The van der Waals surface area contributed by atoms with Gasteiger partial charge in [-0.2, -0.15) is 0 Å². The minimum Gasteiger partial charge on any atom is -0.455 e. The van der Waals surface area contributed by atoms with Crippen LogP contribution in [0.3, 0.4) is 0 Å². The molecular weight excluding hydrogens is 595 g/mol. The Kier molecular flexibility index (Phi) is 6.30. The minimum absolute atomic E-state index is 0.208. The lowest BCUT2D eigenvalue weighted by Crippen LogP contribution is -2.24. The summed E-state index contributed by atoms with van der Waals surface area (Å²) in [5, 5.41) is 2.52. The van der Waals surface area contributed by atoms with E-state index in [0.717, 1.165) is 39.3 Å². The number of ether oxygens (including phenoxy) is 1. The zero-order valence-electron chi connectivity index (χ0n) is 25.9. The van der Waals surface area contributed by atoms with Crippen LogP contribution in [0.2, 0.25) is 0 Å². The second-order valence-corrected chi connectivity index (χ2v) is 13.5. The van der Waals surface area contributed by atoms with Crippen LogP contribution in [-0.2, 0) is 5.41 Å². The van der Waals surface area contributed by atoms with E-state index in [9.17, 15) is 0 Å². The lowest BCUT2D eigenvalue weighted by atomic mass is 9.75. The standard InChI is InChI=1S/C42H29N3OS/c1-42(2)33-22-20-29(25-35(33)46-37-34(42)23-21-32-31-18-9-10-19-36(31)47-38(32)37)28-16-11-17-30(24-28)41-44-39(26-12-5-3-6-13-26)43-40(45-41)27-14-7-4-8-15-27/h3-25H,1-2H3. The van der Waals surface area contributed by atoms with Crippen molar-refractivity contribution in [2.45, 2.75) is 19.3 Å². The van der Waals surface area contributed by atoms with Gasteiger partial charge in [-0.3, -0.25) is 0 Å². The van der Waals surface area contributed by atoms with Crippen molar-refractivity contribution in [3.8, 4) is 56.8 Å². The van der Waals surface area contributed by atoms with E-state index in [1.165, 1.54) is 31.3 Å². The number of rotatable bonds is 4. The van der Waals surface area contributed by atoms with E-state index < -0.39 is 0 Å². The first kappa shape index (κ1) is 27.6. The molecule has 1 aliphatic rings. The Labute approximate surface area is 277 Å². The van der Waals surface area contributed by atoms with Crippen LogP contribution in [0.5, 0.6) is 11.5 Å². The Morgan fingerprint density at radius 1 is 0.489 bits per heavy atom. The van der Waals surface area contributed by atoms with Gasteiger partial charge in [-0.05, 0) is 29.3 Å². The van der Waals surface area contributed by atoms with Crippen LogP contribution in [0.1, 0.15) is 25.0 Å². The van der Waals surface area contributed by atoms with Gasteiger partial charge in [-0.15, -0.1) is 11.3 Å². The molecule has 0 atom stereocenters. The molecule has 0 aliphatic carbocycles. The maximum Gasteiger partial charge on any atom is 0.164 e. The lowest BCUT2D eigenvalue weighted by molar-refractivity contribution is 0.424. The third kappa shape index (κ3) is 4.62. The SMILES string of the molecule is CC1(C)c2ccc(-c3cccc(-c4nc(-c5ccccc5)nc(-c5ccccc5)n4)c3)cc2Oc2c1ccc1c2sc2ccccc21. The molecule has 224 valence electrons. The summed E-state index contributed by atoms with van der Waals surface area (Å²) in [6.07, 6.45) is 0. The fourth-order valence-electron chi connectivity index (χ4n) is 6.69. The maximum absolute atomic E-state index is 6.84. The molecule has 0 N–H and O–H groups in total. The number of thiophene rings is 1. The van der Waals surface area contributed by atoms with Crippen molar-refractivity contribution in [3.63, 3.8) is 0 Å². The fraction of sp³-hybridized carbons (Fsp3) is 0.0714. The van der Waals surface area contributed by atoms with Crippen LogP contribution in [0.4, 0.5) is 0 Å². The summed E-state index contributed by atoms with van der Waals surface area (Å²) in [6, 6.07) is 48.3. The summed E-state index contributed by atoms with van der Waals surface area (Å²) in [7, 11) is 0. The van der Waals surface area contributed by atoms with Crippen LogP contribution in [-0.4, -0.2) is 15.0 Å². The van der Waals surface area contributed by atoms with E-state index in [2.05, 4.69) is 92.7 Å². The third-order valence-corrected chi connectivity index (χ3v) is 10.4. The summed E-state index contributed by atoms with van der Waals surface area (Å²) in [6.45, 7) is 4.59. The Balaban J connectivity index is 1.14. The predicted molar refractivity (Wildman–Crippen MR) is 193 cm³/mol. The van der Waals surface area contributed by atoms with Gasteiger partial charge in [0.25, 0.3) is 0 Å². The molecule has 4 nitrogen and oxygen atoms in total. The summed E-state index contributed by atoms with van der Waals surface area (Å²) >= 11 is 1.81. The van der Waals surface area contributed by atoms with E-state index >= 15 is 0 Å². The summed E-state index contributed by atoms with van der Waals surface area (Å²) in [5.74, 6) is 3.80. The van der Waals surface area contributed by atoms with Gasteiger partial charge < -0.3 is 4.74 Å². The van der Waals surface area contributed by atoms with Gasteiger partial charge in [-0.25, -0.2) is 15.0 Å². The van der Waals surface area contributed by atoms with Crippen LogP contribution in [0.15, 0.2) is 140 Å². The van der Waals surface area contributed by atoms with Crippen LogP contribution >= 0.6 is 11.3 Å². The lowest BCUT2D eigenvalue weighted by Gasteiger charge is -2.35. The topological polar surface area (TPSA) is 47.9 Å².